The minimum absolute atomic E-state index is 0.456. The van der Waals surface area contributed by atoms with E-state index in [-0.39, 0.29) is 0 Å². The number of nitrogens with zero attached hydrogens (tertiary/aromatic N) is 2. The fourth-order valence-electron chi connectivity index (χ4n) is 1.55. The van der Waals surface area contributed by atoms with E-state index < -0.39 is 0 Å². The van der Waals surface area contributed by atoms with Crippen LogP contribution in [-0.4, -0.2) is 12.1 Å². The first-order valence-electron chi connectivity index (χ1n) is 4.95. The summed E-state index contributed by atoms with van der Waals surface area (Å²) in [5, 5.41) is 9.48. The molecule has 0 spiro atoms. The molecule has 0 bridgehead atoms. The van der Waals surface area contributed by atoms with Crippen LogP contribution in [0.3, 0.4) is 0 Å². The van der Waals surface area contributed by atoms with Crippen LogP contribution in [0, 0.1) is 11.3 Å². The lowest BCUT2D eigenvalue weighted by Crippen LogP contribution is -1.93. The average molecular weight is 245 g/mol. The van der Waals surface area contributed by atoms with E-state index in [1.165, 1.54) is 13.3 Å². The van der Waals surface area contributed by atoms with Crippen LogP contribution >= 0.6 is 11.6 Å². The fraction of sp³-hybridized carbons (Fsp3) is 0.0769. The molecule has 0 aliphatic heterocycles. The summed E-state index contributed by atoms with van der Waals surface area (Å²) in [4.78, 5) is 4.08. The van der Waals surface area contributed by atoms with Crippen molar-refractivity contribution in [3.05, 3.63) is 47.1 Å². The summed E-state index contributed by atoms with van der Waals surface area (Å²) in [7, 11) is 1.54. The normalized spacial score (nSPS) is 9.71. The molecule has 0 aliphatic carbocycles. The Morgan fingerprint density at radius 2 is 2.06 bits per heavy atom. The minimum Gasteiger partial charge on any atom is -0.481 e. The van der Waals surface area contributed by atoms with Crippen LogP contribution in [-0.2, 0) is 0 Å². The van der Waals surface area contributed by atoms with Gasteiger partial charge in [0.1, 0.15) is 6.07 Å². The van der Waals surface area contributed by atoms with E-state index in [0.717, 1.165) is 11.1 Å². The van der Waals surface area contributed by atoms with Crippen molar-refractivity contribution in [1.82, 2.24) is 4.98 Å². The van der Waals surface area contributed by atoms with Crippen molar-refractivity contribution in [3.63, 3.8) is 0 Å². The van der Waals surface area contributed by atoms with Gasteiger partial charge in [-0.3, -0.25) is 0 Å². The van der Waals surface area contributed by atoms with E-state index in [9.17, 15) is 0 Å². The highest BCUT2D eigenvalue weighted by atomic mass is 35.5. The maximum atomic E-state index is 8.88. The van der Waals surface area contributed by atoms with Gasteiger partial charge in [0, 0.05) is 22.3 Å². The Morgan fingerprint density at radius 1 is 1.29 bits per heavy atom. The summed E-state index contributed by atoms with van der Waals surface area (Å²) in [5.41, 5.74) is 1.99. The highest BCUT2D eigenvalue weighted by Gasteiger charge is 2.11. The molecular formula is C13H9ClN2O. The van der Waals surface area contributed by atoms with Crippen LogP contribution in [0.25, 0.3) is 11.1 Å². The minimum atomic E-state index is 0.456. The average Bonchev–Trinajstić information content (AvgIpc) is 2.38. The Hall–Kier alpha value is -2.05. The number of halogens is 1. The van der Waals surface area contributed by atoms with Crippen LogP contribution in [0.1, 0.15) is 5.56 Å². The number of rotatable bonds is 2. The zero-order valence-corrected chi connectivity index (χ0v) is 9.90. The van der Waals surface area contributed by atoms with E-state index in [1.54, 1.807) is 12.1 Å². The SMILES string of the molecule is COc1ncc(C#N)cc1-c1ccccc1Cl. The Morgan fingerprint density at radius 3 is 2.71 bits per heavy atom. The predicted octanol–water partition coefficient (Wildman–Crippen LogP) is 3.28. The number of hydrogen-bond acceptors (Lipinski definition) is 3. The molecule has 3 nitrogen and oxygen atoms in total. The van der Waals surface area contributed by atoms with Gasteiger partial charge in [0.25, 0.3) is 0 Å². The summed E-state index contributed by atoms with van der Waals surface area (Å²) >= 11 is 6.12. The Balaban J connectivity index is 2.65. The standard InChI is InChI=1S/C13H9ClN2O/c1-17-13-11(6-9(7-15)8-16-13)10-4-2-3-5-12(10)14/h2-6,8H,1H3. The quantitative estimate of drug-likeness (QED) is 0.814. The van der Waals surface area contributed by atoms with Crippen molar-refractivity contribution in [1.29, 1.82) is 5.26 Å². The van der Waals surface area contributed by atoms with Gasteiger partial charge in [0.2, 0.25) is 5.88 Å². The second-order valence-electron chi connectivity index (χ2n) is 3.37. The smallest absolute Gasteiger partial charge is 0.221 e. The van der Waals surface area contributed by atoms with Crippen molar-refractivity contribution in [2.75, 3.05) is 7.11 Å². The van der Waals surface area contributed by atoms with E-state index in [0.29, 0.717) is 16.5 Å². The van der Waals surface area contributed by atoms with Gasteiger partial charge in [0.05, 0.1) is 12.7 Å². The summed E-state index contributed by atoms with van der Waals surface area (Å²) in [6.45, 7) is 0. The molecule has 0 radical (unpaired) electrons. The van der Waals surface area contributed by atoms with Crippen molar-refractivity contribution in [2.24, 2.45) is 0 Å². The summed E-state index contributed by atoms with van der Waals surface area (Å²) < 4.78 is 5.18. The summed E-state index contributed by atoms with van der Waals surface area (Å²) in [6, 6.07) is 11.1. The summed E-state index contributed by atoms with van der Waals surface area (Å²) in [5.74, 6) is 0.456. The van der Waals surface area contributed by atoms with Gasteiger partial charge in [-0.25, -0.2) is 4.98 Å². The van der Waals surface area contributed by atoms with E-state index in [2.05, 4.69) is 4.98 Å². The molecule has 4 heteroatoms. The van der Waals surface area contributed by atoms with Crippen LogP contribution in [0.4, 0.5) is 0 Å². The second-order valence-corrected chi connectivity index (χ2v) is 3.78. The third-order valence-corrected chi connectivity index (χ3v) is 2.67. The zero-order valence-electron chi connectivity index (χ0n) is 9.14. The molecule has 2 aromatic rings. The van der Waals surface area contributed by atoms with Gasteiger partial charge in [-0.2, -0.15) is 5.26 Å². The van der Waals surface area contributed by atoms with E-state index >= 15 is 0 Å². The van der Waals surface area contributed by atoms with Gasteiger partial charge in [-0.1, -0.05) is 29.8 Å². The molecule has 2 rings (SSSR count). The van der Waals surface area contributed by atoms with Gasteiger partial charge in [0.15, 0.2) is 0 Å². The number of methoxy groups -OCH3 is 1. The van der Waals surface area contributed by atoms with Gasteiger partial charge >= 0.3 is 0 Å². The van der Waals surface area contributed by atoms with Crippen molar-refractivity contribution in [3.8, 4) is 23.1 Å². The van der Waals surface area contributed by atoms with Gasteiger partial charge in [-0.05, 0) is 12.1 Å². The largest absolute Gasteiger partial charge is 0.481 e. The number of aromatic nitrogens is 1. The fourth-order valence-corrected chi connectivity index (χ4v) is 1.79. The zero-order chi connectivity index (χ0) is 12.3. The van der Waals surface area contributed by atoms with Crippen LogP contribution in [0.2, 0.25) is 5.02 Å². The molecule has 0 saturated carbocycles. The lowest BCUT2D eigenvalue weighted by atomic mass is 10.1. The van der Waals surface area contributed by atoms with Crippen molar-refractivity contribution >= 4 is 11.6 Å². The lowest BCUT2D eigenvalue weighted by molar-refractivity contribution is 0.399. The molecule has 0 saturated heterocycles. The van der Waals surface area contributed by atoms with Crippen LogP contribution < -0.4 is 4.74 Å². The lowest BCUT2D eigenvalue weighted by Gasteiger charge is -2.09. The van der Waals surface area contributed by atoms with Gasteiger partial charge in [-0.15, -0.1) is 0 Å². The molecule has 1 aromatic carbocycles. The first-order valence-corrected chi connectivity index (χ1v) is 5.33. The first-order chi connectivity index (χ1) is 8.26. The van der Waals surface area contributed by atoms with Crippen molar-refractivity contribution < 1.29 is 4.74 Å². The summed E-state index contributed by atoms with van der Waals surface area (Å²) in [6.07, 6.45) is 1.47. The highest BCUT2D eigenvalue weighted by molar-refractivity contribution is 6.33. The highest BCUT2D eigenvalue weighted by Crippen LogP contribution is 2.33. The predicted molar refractivity (Wildman–Crippen MR) is 66.0 cm³/mol. The molecule has 0 N–H and O–H groups in total. The number of nitriles is 1. The maximum Gasteiger partial charge on any atom is 0.221 e. The van der Waals surface area contributed by atoms with E-state index in [1.807, 2.05) is 24.3 Å². The molecule has 0 fully saturated rings. The molecule has 17 heavy (non-hydrogen) atoms. The molecule has 0 amide bonds. The monoisotopic (exact) mass is 244 g/mol. The van der Waals surface area contributed by atoms with E-state index in [4.69, 9.17) is 21.6 Å². The number of pyridine rings is 1. The Labute approximate surface area is 104 Å². The van der Waals surface area contributed by atoms with Crippen LogP contribution in [0.15, 0.2) is 36.5 Å². The Bertz CT molecular complexity index is 590. The Kier molecular flexibility index (Phi) is 3.27. The topological polar surface area (TPSA) is 45.9 Å². The first kappa shape index (κ1) is 11.4. The number of hydrogen-bond donors (Lipinski definition) is 0. The molecule has 0 atom stereocenters. The molecule has 84 valence electrons. The molecular weight excluding hydrogens is 236 g/mol. The molecule has 0 aliphatic rings. The van der Waals surface area contributed by atoms with Crippen LogP contribution in [0.5, 0.6) is 5.88 Å². The second kappa shape index (κ2) is 4.86. The van der Waals surface area contributed by atoms with Gasteiger partial charge < -0.3 is 4.74 Å². The number of benzene rings is 1. The molecule has 1 heterocycles. The third kappa shape index (κ3) is 2.22. The molecule has 1 aromatic heterocycles. The maximum absolute atomic E-state index is 8.88. The third-order valence-electron chi connectivity index (χ3n) is 2.34. The van der Waals surface area contributed by atoms with Crippen molar-refractivity contribution in [2.45, 2.75) is 0 Å². The molecule has 0 unspecified atom stereocenters. The number of ether oxygens (including phenoxy) is 1.